The van der Waals surface area contributed by atoms with Crippen molar-refractivity contribution < 1.29 is 47.6 Å². The van der Waals surface area contributed by atoms with E-state index in [1.165, 1.54) is 0 Å². The maximum absolute atomic E-state index is 13.7. The molecule has 4 rings (SSSR count). The van der Waals surface area contributed by atoms with Gasteiger partial charge in [0, 0.05) is 11.1 Å². The van der Waals surface area contributed by atoms with Gasteiger partial charge in [0.25, 0.3) is 0 Å². The van der Waals surface area contributed by atoms with Gasteiger partial charge >= 0.3 is 23.9 Å². The minimum atomic E-state index is -0.741. The Bertz CT molecular complexity index is 1400. The van der Waals surface area contributed by atoms with Gasteiger partial charge < -0.3 is 28.4 Å². The van der Waals surface area contributed by atoms with E-state index in [0.29, 0.717) is 35.1 Å². The van der Waals surface area contributed by atoms with Crippen LogP contribution >= 0.6 is 0 Å². The number of benzene rings is 2. The fourth-order valence-electron chi connectivity index (χ4n) is 6.95. The lowest BCUT2D eigenvalue weighted by Gasteiger charge is -2.24. The van der Waals surface area contributed by atoms with E-state index in [1.54, 1.807) is 36.4 Å². The van der Waals surface area contributed by atoms with Gasteiger partial charge in [-0.1, -0.05) is 90.8 Å². The van der Waals surface area contributed by atoms with Crippen molar-refractivity contribution in [3.8, 4) is 0 Å². The summed E-state index contributed by atoms with van der Waals surface area (Å²) in [5, 5.41) is 0. The lowest BCUT2D eigenvalue weighted by Crippen LogP contribution is -2.36. The van der Waals surface area contributed by atoms with Crippen molar-refractivity contribution in [3.63, 3.8) is 0 Å². The molecular weight excluding hydrogens is 692 g/mol. The molecule has 0 radical (unpaired) electrons. The molecule has 2 aromatic carbocycles. The minimum absolute atomic E-state index is 0.0631. The predicted molar refractivity (Wildman–Crippen MR) is 203 cm³/mol. The first kappa shape index (κ1) is 42.9. The highest BCUT2D eigenvalue weighted by atomic mass is 16.7. The number of hydrogen-bond donors (Lipinski definition) is 0. The Balaban J connectivity index is 1.43. The van der Waals surface area contributed by atoms with Gasteiger partial charge in [-0.15, -0.1) is 0 Å². The number of carbonyl (C=O) groups excluding carboxylic acids is 4. The first-order valence-corrected chi connectivity index (χ1v) is 19.8. The standard InChI is InChI=1S/C42H60N2O10/c1-7-13-23-33(51-37(45)25-43(9-3)10-4)29-19-15-17-21-31(29)41(47)53-35-27-49-40-36(28-50-39(35)40)54-42(48)32-22-18-16-20-30(32)34(24-14-8-2)52-38(46)26-44(11-5)12-6/h15-22,33-36,39-40H,7-14,23-28H2,1-6H3/t33-,34-,35-,36+,39-,40-/m1/s1. The van der Waals surface area contributed by atoms with Gasteiger partial charge in [-0.05, 0) is 64.0 Å². The third kappa shape index (κ3) is 11.6. The summed E-state index contributed by atoms with van der Waals surface area (Å²) in [6.45, 7) is 15.5. The van der Waals surface area contributed by atoms with Crippen molar-refractivity contribution in [2.45, 2.75) is 117 Å². The summed E-state index contributed by atoms with van der Waals surface area (Å²) in [5.74, 6) is -1.84. The topological polar surface area (TPSA) is 130 Å². The van der Waals surface area contributed by atoms with E-state index in [4.69, 9.17) is 28.4 Å². The third-order valence-corrected chi connectivity index (χ3v) is 10.2. The zero-order valence-electron chi connectivity index (χ0n) is 33.0. The van der Waals surface area contributed by atoms with Gasteiger partial charge in [-0.2, -0.15) is 0 Å². The van der Waals surface area contributed by atoms with Crippen molar-refractivity contribution in [3.05, 3.63) is 70.8 Å². The van der Waals surface area contributed by atoms with Crippen molar-refractivity contribution in [1.29, 1.82) is 0 Å². The lowest BCUT2D eigenvalue weighted by atomic mass is 9.98. The Kier molecular flexibility index (Phi) is 17.4. The molecule has 0 bridgehead atoms. The van der Waals surface area contributed by atoms with Gasteiger partial charge in [0.2, 0.25) is 0 Å². The Morgan fingerprint density at radius 2 is 0.981 bits per heavy atom. The highest BCUT2D eigenvalue weighted by Gasteiger charge is 2.51. The summed E-state index contributed by atoms with van der Waals surface area (Å²) in [6, 6.07) is 14.1. The zero-order chi connectivity index (χ0) is 39.0. The molecule has 2 aliphatic heterocycles. The number of carbonyl (C=O) groups is 4. The molecule has 12 nitrogen and oxygen atoms in total. The molecule has 0 spiro atoms. The highest BCUT2D eigenvalue weighted by Crippen LogP contribution is 2.34. The SMILES string of the molecule is CCCC[C@@H](OC(=O)CN(CC)CC)c1ccccc1C(=O)O[C@H]1CO[C@H]2[C@@H]1OC[C@H]2OC(=O)c1ccccc1[C@@H](CCCC)OC(=O)CN(CC)CC. The van der Waals surface area contributed by atoms with Crippen LogP contribution in [0.2, 0.25) is 0 Å². The quantitative estimate of drug-likeness (QED) is 0.0966. The second kappa shape index (κ2) is 21.9. The van der Waals surface area contributed by atoms with E-state index in [1.807, 2.05) is 49.6 Å². The van der Waals surface area contributed by atoms with Crippen molar-refractivity contribution in [1.82, 2.24) is 9.80 Å². The fourth-order valence-corrected chi connectivity index (χ4v) is 6.95. The van der Waals surface area contributed by atoms with Crippen LogP contribution in [-0.4, -0.2) is 111 Å². The van der Waals surface area contributed by atoms with Gasteiger partial charge in [0.1, 0.15) is 24.4 Å². The maximum atomic E-state index is 13.7. The normalized spacial score (nSPS) is 20.4. The van der Waals surface area contributed by atoms with Crippen molar-refractivity contribution in [2.75, 3.05) is 52.5 Å². The average Bonchev–Trinajstić information content (AvgIpc) is 3.78. The van der Waals surface area contributed by atoms with Gasteiger partial charge in [0.05, 0.1) is 37.4 Å². The summed E-state index contributed by atoms with van der Waals surface area (Å²) >= 11 is 0. The van der Waals surface area contributed by atoms with Crippen LogP contribution in [0, 0.1) is 0 Å². The van der Waals surface area contributed by atoms with Crippen LogP contribution in [0.15, 0.2) is 48.5 Å². The molecule has 2 aromatic rings. The molecule has 6 atom stereocenters. The number of ether oxygens (including phenoxy) is 6. The highest BCUT2D eigenvalue weighted by molar-refractivity contribution is 5.92. The summed E-state index contributed by atoms with van der Waals surface area (Å²) < 4.78 is 36.0. The van der Waals surface area contributed by atoms with E-state index < -0.39 is 48.6 Å². The van der Waals surface area contributed by atoms with Gasteiger partial charge in [-0.25, -0.2) is 9.59 Å². The largest absolute Gasteiger partial charge is 0.457 e. The molecule has 0 aliphatic carbocycles. The molecule has 54 heavy (non-hydrogen) atoms. The lowest BCUT2D eigenvalue weighted by molar-refractivity contribution is -0.152. The van der Waals surface area contributed by atoms with Crippen LogP contribution in [0.1, 0.15) is 124 Å². The van der Waals surface area contributed by atoms with Crippen LogP contribution in [0.25, 0.3) is 0 Å². The predicted octanol–water partition coefficient (Wildman–Crippen LogP) is 6.47. The number of likely N-dealkylation sites (N-methyl/N-ethyl adjacent to an activating group) is 2. The molecule has 0 aromatic heterocycles. The molecule has 298 valence electrons. The number of nitrogens with zero attached hydrogens (tertiary/aromatic N) is 2. The Morgan fingerprint density at radius 3 is 1.33 bits per heavy atom. The Labute approximate surface area is 320 Å². The number of rotatable bonds is 22. The third-order valence-electron chi connectivity index (χ3n) is 10.2. The second-order valence-corrected chi connectivity index (χ2v) is 13.8. The molecule has 0 unspecified atom stereocenters. The van der Waals surface area contributed by atoms with Crippen LogP contribution < -0.4 is 0 Å². The minimum Gasteiger partial charge on any atom is -0.457 e. The number of esters is 4. The fraction of sp³-hybridized carbons (Fsp3) is 0.619. The summed E-state index contributed by atoms with van der Waals surface area (Å²) in [7, 11) is 0. The van der Waals surface area contributed by atoms with E-state index in [9.17, 15) is 19.2 Å². The van der Waals surface area contributed by atoms with Crippen LogP contribution in [-0.2, 0) is 38.0 Å². The smallest absolute Gasteiger partial charge is 0.339 e. The summed E-state index contributed by atoms with van der Waals surface area (Å²) in [5.41, 5.74) is 1.80. The first-order valence-electron chi connectivity index (χ1n) is 19.8. The molecule has 2 saturated heterocycles. The Hall–Kier alpha value is -3.84. The van der Waals surface area contributed by atoms with E-state index in [0.717, 1.165) is 51.9 Å². The molecule has 2 aliphatic rings. The first-order chi connectivity index (χ1) is 26.2. The van der Waals surface area contributed by atoms with Gasteiger partial charge in [0.15, 0.2) is 12.2 Å². The number of hydrogen-bond acceptors (Lipinski definition) is 12. The summed E-state index contributed by atoms with van der Waals surface area (Å²) in [6.07, 6.45) is 0.583. The number of unbranched alkanes of at least 4 members (excludes halogenated alkanes) is 2. The number of fused-ring (bicyclic) bond motifs is 1. The van der Waals surface area contributed by atoms with Crippen LogP contribution in [0.5, 0.6) is 0 Å². The van der Waals surface area contributed by atoms with E-state index in [-0.39, 0.29) is 38.2 Å². The average molecular weight is 753 g/mol. The molecule has 2 fully saturated rings. The molecule has 12 heteroatoms. The second-order valence-electron chi connectivity index (χ2n) is 13.8. The molecule has 0 amide bonds. The molecule has 0 N–H and O–H groups in total. The van der Waals surface area contributed by atoms with E-state index >= 15 is 0 Å². The van der Waals surface area contributed by atoms with Crippen LogP contribution in [0.3, 0.4) is 0 Å². The van der Waals surface area contributed by atoms with Crippen molar-refractivity contribution >= 4 is 23.9 Å². The Morgan fingerprint density at radius 1 is 0.611 bits per heavy atom. The zero-order valence-corrected chi connectivity index (χ0v) is 33.0. The monoisotopic (exact) mass is 752 g/mol. The summed E-state index contributed by atoms with van der Waals surface area (Å²) in [4.78, 5) is 57.3. The molecule has 0 saturated carbocycles. The van der Waals surface area contributed by atoms with Crippen LogP contribution in [0.4, 0.5) is 0 Å². The molecule has 2 heterocycles. The maximum Gasteiger partial charge on any atom is 0.339 e. The van der Waals surface area contributed by atoms with E-state index in [2.05, 4.69) is 13.8 Å². The van der Waals surface area contributed by atoms with Gasteiger partial charge in [-0.3, -0.25) is 19.4 Å². The van der Waals surface area contributed by atoms with Crippen molar-refractivity contribution in [2.24, 2.45) is 0 Å². The molecular formula is C42H60N2O10.